The van der Waals surface area contributed by atoms with Crippen molar-refractivity contribution in [2.75, 3.05) is 6.54 Å². The van der Waals surface area contributed by atoms with Crippen LogP contribution in [0.5, 0.6) is 0 Å². The van der Waals surface area contributed by atoms with Crippen molar-refractivity contribution in [1.82, 2.24) is 4.31 Å². The van der Waals surface area contributed by atoms with Gasteiger partial charge in [-0.05, 0) is 60.7 Å². The predicted molar refractivity (Wildman–Crippen MR) is 98.3 cm³/mol. The Hall–Kier alpha value is -2.42. The van der Waals surface area contributed by atoms with Gasteiger partial charge in [0.25, 0.3) is 0 Å². The lowest BCUT2D eigenvalue weighted by atomic mass is 9.92. The third-order valence-electron chi connectivity index (χ3n) is 4.61. The van der Waals surface area contributed by atoms with Gasteiger partial charge < -0.3 is 0 Å². The first-order chi connectivity index (χ1) is 11.9. The van der Waals surface area contributed by atoms with E-state index in [1.807, 2.05) is 50.3 Å². The lowest BCUT2D eigenvalue weighted by Gasteiger charge is -2.29. The van der Waals surface area contributed by atoms with Crippen LogP contribution in [0.3, 0.4) is 0 Å². The molecule has 0 bridgehead atoms. The summed E-state index contributed by atoms with van der Waals surface area (Å²) in [4.78, 5) is 0.332. The SMILES string of the molecule is Cc1ccc(S(=O)(=O)N2CCc3c(ccc(C)c3/C=C/C#N)C2)cc1. The number of rotatable bonds is 3. The number of nitriles is 1. The summed E-state index contributed by atoms with van der Waals surface area (Å²) in [5, 5.41) is 8.79. The number of hydrogen-bond acceptors (Lipinski definition) is 3. The van der Waals surface area contributed by atoms with Crippen molar-refractivity contribution in [1.29, 1.82) is 5.26 Å². The van der Waals surface area contributed by atoms with E-state index in [0.717, 1.165) is 27.8 Å². The predicted octanol–water partition coefficient (Wildman–Crippen LogP) is 3.59. The van der Waals surface area contributed by atoms with Crippen molar-refractivity contribution < 1.29 is 8.42 Å². The van der Waals surface area contributed by atoms with Gasteiger partial charge in [-0.1, -0.05) is 29.8 Å². The van der Waals surface area contributed by atoms with Crippen molar-refractivity contribution in [3.63, 3.8) is 0 Å². The average molecular weight is 352 g/mol. The highest BCUT2D eigenvalue weighted by molar-refractivity contribution is 7.89. The largest absolute Gasteiger partial charge is 0.243 e. The standard InChI is InChI=1S/C20H20N2O2S/c1-15-5-9-18(10-6-15)25(23,24)22-13-11-20-17(14-22)8-7-16(2)19(20)4-3-12-21/h3-10H,11,13-14H2,1-2H3/b4-3+. The molecular weight excluding hydrogens is 332 g/mol. The molecule has 0 fully saturated rings. The Labute approximate surface area is 149 Å². The highest BCUT2D eigenvalue weighted by Gasteiger charge is 2.29. The van der Waals surface area contributed by atoms with Crippen LogP contribution in [-0.2, 0) is 23.0 Å². The molecule has 2 aromatic carbocycles. The number of benzene rings is 2. The van der Waals surface area contributed by atoms with Gasteiger partial charge in [-0.3, -0.25) is 0 Å². The first-order valence-corrected chi connectivity index (χ1v) is 9.62. The Morgan fingerprint density at radius 3 is 2.52 bits per heavy atom. The van der Waals surface area contributed by atoms with Crippen molar-refractivity contribution in [3.8, 4) is 6.07 Å². The summed E-state index contributed by atoms with van der Waals surface area (Å²) in [7, 11) is -3.50. The number of sulfonamides is 1. The maximum absolute atomic E-state index is 12.9. The van der Waals surface area contributed by atoms with Crippen LogP contribution in [0.25, 0.3) is 6.08 Å². The zero-order valence-electron chi connectivity index (χ0n) is 14.4. The Kier molecular flexibility index (Phi) is 4.76. The average Bonchev–Trinajstić information content (AvgIpc) is 2.61. The van der Waals surface area contributed by atoms with Crippen LogP contribution in [0, 0.1) is 25.2 Å². The molecule has 1 aliphatic rings. The minimum atomic E-state index is -3.50. The molecule has 0 saturated carbocycles. The molecule has 0 saturated heterocycles. The third-order valence-corrected chi connectivity index (χ3v) is 6.47. The van der Waals surface area contributed by atoms with Crippen LogP contribution in [-0.4, -0.2) is 19.3 Å². The lowest BCUT2D eigenvalue weighted by molar-refractivity contribution is 0.391. The molecule has 3 rings (SSSR count). The van der Waals surface area contributed by atoms with Gasteiger partial charge in [-0.15, -0.1) is 0 Å². The minimum Gasteiger partial charge on any atom is -0.207 e. The molecule has 5 heteroatoms. The molecule has 4 nitrogen and oxygen atoms in total. The second-order valence-corrected chi connectivity index (χ2v) is 8.24. The Bertz CT molecular complexity index is 968. The summed E-state index contributed by atoms with van der Waals surface area (Å²) >= 11 is 0. The molecule has 25 heavy (non-hydrogen) atoms. The fourth-order valence-corrected chi connectivity index (χ4v) is 4.61. The molecule has 2 aromatic rings. The number of fused-ring (bicyclic) bond motifs is 1. The first-order valence-electron chi connectivity index (χ1n) is 8.18. The molecule has 0 aliphatic carbocycles. The van der Waals surface area contributed by atoms with E-state index in [9.17, 15) is 8.42 Å². The maximum Gasteiger partial charge on any atom is 0.243 e. The summed E-state index contributed by atoms with van der Waals surface area (Å²) in [5.74, 6) is 0. The molecule has 0 unspecified atom stereocenters. The zero-order valence-corrected chi connectivity index (χ0v) is 15.2. The fourth-order valence-electron chi connectivity index (χ4n) is 3.19. The second-order valence-electron chi connectivity index (χ2n) is 6.30. The molecule has 0 atom stereocenters. The molecule has 0 radical (unpaired) electrons. The number of aryl methyl sites for hydroxylation is 2. The van der Waals surface area contributed by atoms with Crippen LogP contribution in [0.4, 0.5) is 0 Å². The van der Waals surface area contributed by atoms with E-state index < -0.39 is 10.0 Å². The Morgan fingerprint density at radius 1 is 1.12 bits per heavy atom. The first kappa shape index (κ1) is 17.4. The molecule has 1 aliphatic heterocycles. The van der Waals surface area contributed by atoms with Crippen LogP contribution in [0.1, 0.15) is 27.8 Å². The van der Waals surface area contributed by atoms with Crippen molar-refractivity contribution in [2.45, 2.75) is 31.7 Å². The van der Waals surface area contributed by atoms with Crippen LogP contribution in [0.15, 0.2) is 47.4 Å². The van der Waals surface area contributed by atoms with E-state index >= 15 is 0 Å². The van der Waals surface area contributed by atoms with Crippen molar-refractivity contribution in [2.24, 2.45) is 0 Å². The minimum absolute atomic E-state index is 0.332. The Morgan fingerprint density at radius 2 is 1.84 bits per heavy atom. The van der Waals surface area contributed by atoms with Crippen molar-refractivity contribution in [3.05, 3.63) is 70.3 Å². The van der Waals surface area contributed by atoms with Crippen LogP contribution in [0.2, 0.25) is 0 Å². The van der Waals surface area contributed by atoms with Gasteiger partial charge in [-0.2, -0.15) is 9.57 Å². The number of nitrogens with zero attached hydrogens (tertiary/aromatic N) is 2. The smallest absolute Gasteiger partial charge is 0.207 e. The zero-order chi connectivity index (χ0) is 18.0. The summed E-state index contributed by atoms with van der Waals surface area (Å²) in [6.07, 6.45) is 3.93. The molecular formula is C20H20N2O2S. The molecule has 128 valence electrons. The quantitative estimate of drug-likeness (QED) is 0.793. The van der Waals surface area contributed by atoms with E-state index in [-0.39, 0.29) is 0 Å². The molecule has 0 spiro atoms. The second kappa shape index (κ2) is 6.83. The van der Waals surface area contributed by atoms with Gasteiger partial charge in [0.15, 0.2) is 0 Å². The van der Waals surface area contributed by atoms with Gasteiger partial charge in [0.05, 0.1) is 11.0 Å². The molecule has 0 N–H and O–H groups in total. The van der Waals surface area contributed by atoms with Gasteiger partial charge in [0.1, 0.15) is 0 Å². The number of allylic oxidation sites excluding steroid dienone is 1. The maximum atomic E-state index is 12.9. The van der Waals surface area contributed by atoms with Gasteiger partial charge in [-0.25, -0.2) is 8.42 Å². The highest BCUT2D eigenvalue weighted by Crippen LogP contribution is 2.29. The summed E-state index contributed by atoms with van der Waals surface area (Å²) in [6.45, 7) is 4.75. The fraction of sp³-hybridized carbons (Fsp3) is 0.250. The van der Waals surface area contributed by atoms with E-state index in [1.54, 1.807) is 12.1 Å². The lowest BCUT2D eigenvalue weighted by Crippen LogP contribution is -2.36. The van der Waals surface area contributed by atoms with Gasteiger partial charge >= 0.3 is 0 Å². The van der Waals surface area contributed by atoms with Crippen LogP contribution < -0.4 is 0 Å². The van der Waals surface area contributed by atoms with E-state index in [4.69, 9.17) is 5.26 Å². The Balaban J connectivity index is 1.95. The normalized spacial score (nSPS) is 15.1. The summed E-state index contributed by atoms with van der Waals surface area (Å²) in [5.41, 5.74) is 5.31. The van der Waals surface area contributed by atoms with Gasteiger partial charge in [0, 0.05) is 19.2 Å². The summed E-state index contributed by atoms with van der Waals surface area (Å²) in [6, 6.07) is 13.0. The van der Waals surface area contributed by atoms with E-state index in [0.29, 0.717) is 24.4 Å². The summed E-state index contributed by atoms with van der Waals surface area (Å²) < 4.78 is 27.3. The topological polar surface area (TPSA) is 61.2 Å². The molecule has 1 heterocycles. The monoisotopic (exact) mass is 352 g/mol. The van der Waals surface area contributed by atoms with E-state index in [1.165, 1.54) is 10.4 Å². The van der Waals surface area contributed by atoms with E-state index in [2.05, 4.69) is 0 Å². The van der Waals surface area contributed by atoms with Crippen molar-refractivity contribution >= 4 is 16.1 Å². The highest BCUT2D eigenvalue weighted by atomic mass is 32.2. The van der Waals surface area contributed by atoms with Crippen LogP contribution >= 0.6 is 0 Å². The number of hydrogen-bond donors (Lipinski definition) is 0. The molecule has 0 aromatic heterocycles. The molecule has 0 amide bonds. The van der Waals surface area contributed by atoms with Gasteiger partial charge in [0.2, 0.25) is 10.0 Å². The third kappa shape index (κ3) is 3.37.